The lowest BCUT2D eigenvalue weighted by Gasteiger charge is -2.21. The van der Waals surface area contributed by atoms with Crippen molar-refractivity contribution in [2.75, 3.05) is 28.6 Å². The Morgan fingerprint density at radius 2 is 1.63 bits per heavy atom. The average molecular weight is 361 g/mol. The van der Waals surface area contributed by atoms with Crippen molar-refractivity contribution in [3.63, 3.8) is 0 Å². The van der Waals surface area contributed by atoms with E-state index in [1.54, 1.807) is 6.20 Å². The van der Waals surface area contributed by atoms with E-state index in [1.807, 2.05) is 12.1 Å². The first-order valence-corrected chi connectivity index (χ1v) is 9.39. The minimum atomic E-state index is 0.570. The van der Waals surface area contributed by atoms with Crippen LogP contribution < -0.4 is 15.5 Å². The van der Waals surface area contributed by atoms with Gasteiger partial charge < -0.3 is 15.5 Å². The molecule has 1 aromatic heterocycles. The van der Waals surface area contributed by atoms with Gasteiger partial charge in [0.05, 0.1) is 0 Å². The van der Waals surface area contributed by atoms with Gasteiger partial charge in [-0.3, -0.25) is 0 Å². The summed E-state index contributed by atoms with van der Waals surface area (Å²) in [5, 5.41) is 6.66. The number of hydrogen-bond acceptors (Lipinski definition) is 5. The van der Waals surface area contributed by atoms with Crippen molar-refractivity contribution in [2.24, 2.45) is 0 Å². The number of aryl methyl sites for hydroxylation is 1. The fourth-order valence-corrected chi connectivity index (χ4v) is 2.99. The van der Waals surface area contributed by atoms with Gasteiger partial charge in [-0.25, -0.2) is 4.98 Å². The van der Waals surface area contributed by atoms with Gasteiger partial charge >= 0.3 is 0 Å². The molecule has 0 saturated heterocycles. The molecule has 3 aromatic rings. The Morgan fingerprint density at radius 3 is 2.33 bits per heavy atom. The van der Waals surface area contributed by atoms with E-state index in [4.69, 9.17) is 0 Å². The SMILES string of the molecule is CCN(CC)c1ccc(Nc2nccc(Nc3cccc(C)c3C)n2)cc1. The van der Waals surface area contributed by atoms with Crippen molar-refractivity contribution >= 4 is 28.8 Å². The van der Waals surface area contributed by atoms with Crippen LogP contribution in [-0.2, 0) is 0 Å². The summed E-state index contributed by atoms with van der Waals surface area (Å²) in [4.78, 5) is 11.2. The Kier molecular flexibility index (Phi) is 5.91. The van der Waals surface area contributed by atoms with E-state index in [0.717, 1.165) is 30.3 Å². The third-order valence-corrected chi connectivity index (χ3v) is 4.77. The molecule has 0 bridgehead atoms. The van der Waals surface area contributed by atoms with Gasteiger partial charge in [0.15, 0.2) is 0 Å². The molecule has 0 spiro atoms. The van der Waals surface area contributed by atoms with Gasteiger partial charge in [-0.05, 0) is 75.2 Å². The highest BCUT2D eigenvalue weighted by molar-refractivity contribution is 5.64. The van der Waals surface area contributed by atoms with Crippen molar-refractivity contribution in [3.05, 3.63) is 65.9 Å². The van der Waals surface area contributed by atoms with Crippen LogP contribution in [0.2, 0.25) is 0 Å². The van der Waals surface area contributed by atoms with Crippen LogP contribution in [0, 0.1) is 13.8 Å². The average Bonchev–Trinajstić information content (AvgIpc) is 2.68. The summed E-state index contributed by atoms with van der Waals surface area (Å²) in [6, 6.07) is 16.4. The number of aromatic nitrogens is 2. The fourth-order valence-electron chi connectivity index (χ4n) is 2.99. The van der Waals surface area contributed by atoms with Crippen LogP contribution >= 0.6 is 0 Å². The number of rotatable bonds is 7. The molecule has 140 valence electrons. The van der Waals surface area contributed by atoms with Crippen LogP contribution in [0.25, 0.3) is 0 Å². The maximum Gasteiger partial charge on any atom is 0.229 e. The Bertz CT molecular complexity index is 885. The number of anilines is 5. The summed E-state index contributed by atoms with van der Waals surface area (Å²) in [7, 11) is 0. The van der Waals surface area contributed by atoms with E-state index < -0.39 is 0 Å². The zero-order valence-electron chi connectivity index (χ0n) is 16.5. The fraction of sp³-hybridized carbons (Fsp3) is 0.273. The first-order chi connectivity index (χ1) is 13.1. The maximum absolute atomic E-state index is 4.58. The first kappa shape index (κ1) is 18.7. The molecule has 2 N–H and O–H groups in total. The zero-order chi connectivity index (χ0) is 19.2. The molecular weight excluding hydrogens is 334 g/mol. The van der Waals surface area contributed by atoms with Gasteiger partial charge in [-0.1, -0.05) is 12.1 Å². The van der Waals surface area contributed by atoms with Crippen molar-refractivity contribution in [2.45, 2.75) is 27.7 Å². The van der Waals surface area contributed by atoms with Gasteiger partial charge in [0.25, 0.3) is 0 Å². The smallest absolute Gasteiger partial charge is 0.229 e. The second kappa shape index (κ2) is 8.54. The highest BCUT2D eigenvalue weighted by Gasteiger charge is 2.05. The summed E-state index contributed by atoms with van der Waals surface area (Å²) in [5.74, 6) is 1.34. The quantitative estimate of drug-likeness (QED) is 0.588. The predicted molar refractivity (Wildman–Crippen MR) is 115 cm³/mol. The number of nitrogens with zero attached hydrogens (tertiary/aromatic N) is 3. The molecule has 0 amide bonds. The number of benzene rings is 2. The normalized spacial score (nSPS) is 10.5. The van der Waals surface area contributed by atoms with Gasteiger partial charge in [-0.15, -0.1) is 0 Å². The lowest BCUT2D eigenvalue weighted by Crippen LogP contribution is -2.21. The minimum Gasteiger partial charge on any atom is -0.372 e. The van der Waals surface area contributed by atoms with E-state index in [-0.39, 0.29) is 0 Å². The molecule has 0 aliphatic heterocycles. The maximum atomic E-state index is 4.58. The van der Waals surface area contributed by atoms with Crippen LogP contribution in [0.3, 0.4) is 0 Å². The van der Waals surface area contributed by atoms with E-state index in [2.05, 4.69) is 89.6 Å². The van der Waals surface area contributed by atoms with E-state index in [9.17, 15) is 0 Å². The first-order valence-electron chi connectivity index (χ1n) is 9.39. The Labute approximate surface area is 161 Å². The zero-order valence-corrected chi connectivity index (χ0v) is 16.5. The van der Waals surface area contributed by atoms with Gasteiger partial charge in [-0.2, -0.15) is 4.98 Å². The number of nitrogens with one attached hydrogen (secondary N) is 2. The van der Waals surface area contributed by atoms with E-state index in [1.165, 1.54) is 16.8 Å². The molecule has 2 aromatic carbocycles. The molecule has 0 atom stereocenters. The van der Waals surface area contributed by atoms with Gasteiger partial charge in [0.1, 0.15) is 5.82 Å². The molecule has 1 heterocycles. The molecule has 0 radical (unpaired) electrons. The summed E-state index contributed by atoms with van der Waals surface area (Å²) in [6.07, 6.45) is 1.76. The second-order valence-electron chi connectivity index (χ2n) is 6.48. The van der Waals surface area contributed by atoms with Crippen molar-refractivity contribution in [1.82, 2.24) is 9.97 Å². The summed E-state index contributed by atoms with van der Waals surface area (Å²) >= 11 is 0. The second-order valence-corrected chi connectivity index (χ2v) is 6.48. The monoisotopic (exact) mass is 361 g/mol. The lowest BCUT2D eigenvalue weighted by molar-refractivity contribution is 0.866. The summed E-state index contributed by atoms with van der Waals surface area (Å²) in [5.41, 5.74) is 5.72. The van der Waals surface area contributed by atoms with Gasteiger partial charge in [0, 0.05) is 36.3 Å². The third kappa shape index (κ3) is 4.56. The topological polar surface area (TPSA) is 53.1 Å². The predicted octanol–water partition coefficient (Wildman–Crippen LogP) is 5.43. The third-order valence-electron chi connectivity index (χ3n) is 4.77. The summed E-state index contributed by atoms with van der Waals surface area (Å²) in [6.45, 7) is 10.5. The Hall–Kier alpha value is -3.08. The van der Waals surface area contributed by atoms with Gasteiger partial charge in [0.2, 0.25) is 5.95 Å². The van der Waals surface area contributed by atoms with E-state index >= 15 is 0 Å². The molecule has 0 aliphatic rings. The standard InChI is InChI=1S/C22H27N5/c1-5-27(6-2)19-12-10-18(11-13-19)24-22-23-15-14-21(26-22)25-20-9-7-8-16(3)17(20)4/h7-15H,5-6H2,1-4H3,(H2,23,24,25,26). The highest BCUT2D eigenvalue weighted by atomic mass is 15.1. The molecule has 0 saturated carbocycles. The molecule has 5 nitrogen and oxygen atoms in total. The van der Waals surface area contributed by atoms with Crippen LogP contribution in [0.4, 0.5) is 28.8 Å². The molecule has 3 rings (SSSR count). The molecule has 0 fully saturated rings. The van der Waals surface area contributed by atoms with Crippen LogP contribution in [0.1, 0.15) is 25.0 Å². The largest absolute Gasteiger partial charge is 0.372 e. The van der Waals surface area contributed by atoms with E-state index in [0.29, 0.717) is 5.95 Å². The minimum absolute atomic E-state index is 0.570. The molecule has 5 heteroatoms. The van der Waals surface area contributed by atoms with Crippen molar-refractivity contribution < 1.29 is 0 Å². The molecule has 0 aliphatic carbocycles. The Morgan fingerprint density at radius 1 is 0.889 bits per heavy atom. The molecular formula is C22H27N5. The Balaban J connectivity index is 1.73. The number of hydrogen-bond donors (Lipinski definition) is 2. The lowest BCUT2D eigenvalue weighted by atomic mass is 10.1. The highest BCUT2D eigenvalue weighted by Crippen LogP contribution is 2.23. The van der Waals surface area contributed by atoms with Crippen LogP contribution in [0.15, 0.2) is 54.7 Å². The van der Waals surface area contributed by atoms with Crippen LogP contribution in [0.5, 0.6) is 0 Å². The molecule has 0 unspecified atom stereocenters. The van der Waals surface area contributed by atoms with Crippen molar-refractivity contribution in [3.8, 4) is 0 Å². The van der Waals surface area contributed by atoms with Crippen molar-refractivity contribution in [1.29, 1.82) is 0 Å². The molecule has 27 heavy (non-hydrogen) atoms. The van der Waals surface area contributed by atoms with Crippen LogP contribution in [-0.4, -0.2) is 23.1 Å². The summed E-state index contributed by atoms with van der Waals surface area (Å²) < 4.78 is 0.